The fourth-order valence-electron chi connectivity index (χ4n) is 2.54. The van der Waals surface area contributed by atoms with Gasteiger partial charge in [-0.3, -0.25) is 0 Å². The normalized spacial score (nSPS) is 11.8. The molecule has 3 aromatic rings. The molecule has 0 N–H and O–H groups in total. The monoisotopic (exact) mass is 360 g/mol. The maximum atomic E-state index is 14.4. The fourth-order valence-corrected chi connectivity index (χ4v) is 2.70. The molecule has 0 spiro atoms. The summed E-state index contributed by atoms with van der Waals surface area (Å²) in [5.41, 5.74) is 1.40. The second-order valence-electron chi connectivity index (χ2n) is 6.87. The van der Waals surface area contributed by atoms with E-state index in [9.17, 15) is 9.18 Å². The highest BCUT2D eigenvalue weighted by Gasteiger charge is 2.25. The van der Waals surface area contributed by atoms with Crippen molar-refractivity contribution in [3.63, 3.8) is 0 Å². The number of nitrogens with zero attached hydrogens (tertiary/aromatic N) is 2. The first-order valence-corrected chi connectivity index (χ1v) is 8.21. The van der Waals surface area contributed by atoms with E-state index in [2.05, 4.69) is 4.98 Å². The van der Waals surface area contributed by atoms with Crippen molar-refractivity contribution in [2.75, 3.05) is 0 Å². The molecule has 0 bridgehead atoms. The van der Waals surface area contributed by atoms with E-state index in [1.807, 2.05) is 6.92 Å². The summed E-state index contributed by atoms with van der Waals surface area (Å²) in [4.78, 5) is 17.2. The quantitative estimate of drug-likeness (QED) is 0.568. The molecular weight excluding hydrogens is 343 g/mol. The Kier molecular flexibility index (Phi) is 4.29. The molecule has 0 saturated heterocycles. The summed E-state index contributed by atoms with van der Waals surface area (Å²) < 4.78 is 21.2. The maximum absolute atomic E-state index is 14.4. The summed E-state index contributed by atoms with van der Waals surface area (Å²) in [6.45, 7) is 7.16. The van der Waals surface area contributed by atoms with Gasteiger partial charge in [0.1, 0.15) is 11.4 Å². The van der Waals surface area contributed by atoms with E-state index in [0.29, 0.717) is 16.1 Å². The summed E-state index contributed by atoms with van der Waals surface area (Å²) in [6.07, 6.45) is -0.617. The van der Waals surface area contributed by atoms with Crippen LogP contribution in [0.25, 0.3) is 22.4 Å². The molecule has 4 nitrogen and oxygen atoms in total. The number of carbonyl (C=O) groups excluding carboxylic acids is 1. The third kappa shape index (κ3) is 3.51. The number of imidazole rings is 1. The van der Waals surface area contributed by atoms with Gasteiger partial charge < -0.3 is 4.74 Å². The molecule has 0 radical (unpaired) electrons. The third-order valence-corrected chi connectivity index (χ3v) is 3.79. The van der Waals surface area contributed by atoms with Gasteiger partial charge in [-0.25, -0.2) is 18.7 Å². The molecule has 6 heteroatoms. The lowest BCUT2D eigenvalue weighted by Crippen LogP contribution is -2.27. The average molecular weight is 361 g/mol. The number of halogens is 2. The van der Waals surface area contributed by atoms with Crippen LogP contribution in [0.5, 0.6) is 0 Å². The largest absolute Gasteiger partial charge is 0.443 e. The predicted molar refractivity (Wildman–Crippen MR) is 96.5 cm³/mol. The number of carbonyl (C=O) groups is 1. The topological polar surface area (TPSA) is 44.1 Å². The summed E-state index contributed by atoms with van der Waals surface area (Å²) in [7, 11) is 0. The second-order valence-corrected chi connectivity index (χ2v) is 7.30. The molecule has 2 aromatic carbocycles. The summed E-state index contributed by atoms with van der Waals surface area (Å²) in [6, 6.07) is 9.63. The van der Waals surface area contributed by atoms with Gasteiger partial charge in [0, 0.05) is 5.02 Å². The van der Waals surface area contributed by atoms with Crippen molar-refractivity contribution in [3.8, 4) is 11.4 Å². The zero-order valence-corrected chi connectivity index (χ0v) is 15.2. The van der Waals surface area contributed by atoms with Crippen LogP contribution in [0, 0.1) is 12.7 Å². The van der Waals surface area contributed by atoms with Crippen molar-refractivity contribution in [1.29, 1.82) is 0 Å². The molecular formula is C19H18ClFN2O2. The molecule has 25 heavy (non-hydrogen) atoms. The third-order valence-electron chi connectivity index (χ3n) is 3.56. The number of hydrogen-bond donors (Lipinski definition) is 0. The highest BCUT2D eigenvalue weighted by Crippen LogP contribution is 2.30. The Labute approximate surface area is 150 Å². The van der Waals surface area contributed by atoms with Gasteiger partial charge in [-0.05, 0) is 58.0 Å². The van der Waals surface area contributed by atoms with Crippen LogP contribution in [0.1, 0.15) is 26.3 Å². The van der Waals surface area contributed by atoms with Crippen LogP contribution in [0.3, 0.4) is 0 Å². The molecule has 3 rings (SSSR count). The van der Waals surface area contributed by atoms with Gasteiger partial charge in [0.05, 0.1) is 16.6 Å². The molecule has 0 saturated carbocycles. The van der Waals surface area contributed by atoms with Crippen molar-refractivity contribution in [1.82, 2.24) is 9.55 Å². The lowest BCUT2D eigenvalue weighted by Gasteiger charge is -2.20. The van der Waals surface area contributed by atoms with Crippen molar-refractivity contribution >= 4 is 28.7 Å². The lowest BCUT2D eigenvalue weighted by atomic mass is 10.1. The Hall–Kier alpha value is -2.40. The molecule has 0 aliphatic carbocycles. The van der Waals surface area contributed by atoms with Crippen molar-refractivity contribution < 1.29 is 13.9 Å². The van der Waals surface area contributed by atoms with E-state index in [1.54, 1.807) is 51.1 Å². The van der Waals surface area contributed by atoms with Crippen LogP contribution in [-0.4, -0.2) is 21.2 Å². The summed E-state index contributed by atoms with van der Waals surface area (Å²) in [5.74, 6) is -0.274. The lowest BCUT2D eigenvalue weighted by molar-refractivity contribution is 0.0546. The van der Waals surface area contributed by atoms with Crippen molar-refractivity contribution in [3.05, 3.63) is 52.8 Å². The van der Waals surface area contributed by atoms with Gasteiger partial charge in [0.25, 0.3) is 0 Å². The van der Waals surface area contributed by atoms with Crippen molar-refractivity contribution in [2.45, 2.75) is 33.3 Å². The van der Waals surface area contributed by atoms with Crippen LogP contribution in [0.4, 0.5) is 9.18 Å². The zero-order valence-electron chi connectivity index (χ0n) is 14.4. The molecule has 0 aliphatic rings. The standard InChI is InChI=1S/C19H18ClFN2O2/c1-11-5-7-14(21)13(9-11)17-22-15-10-12(20)6-8-16(15)23(17)18(24)25-19(2,3)4/h5-10H,1-4H3. The van der Waals surface area contributed by atoms with E-state index in [0.717, 1.165) is 5.56 Å². The smallest absolute Gasteiger partial charge is 0.420 e. The van der Waals surface area contributed by atoms with E-state index in [4.69, 9.17) is 16.3 Å². The zero-order chi connectivity index (χ0) is 18.4. The predicted octanol–water partition coefficient (Wildman–Crippen LogP) is 5.59. The van der Waals surface area contributed by atoms with E-state index < -0.39 is 17.5 Å². The van der Waals surface area contributed by atoms with Gasteiger partial charge >= 0.3 is 6.09 Å². The van der Waals surface area contributed by atoms with E-state index in [-0.39, 0.29) is 11.4 Å². The number of ether oxygens (including phenoxy) is 1. The van der Waals surface area contributed by atoms with Crippen LogP contribution >= 0.6 is 11.6 Å². The van der Waals surface area contributed by atoms with Crippen LogP contribution in [-0.2, 0) is 4.74 Å². The summed E-state index contributed by atoms with van der Waals surface area (Å²) >= 11 is 6.03. The molecule has 0 unspecified atom stereocenters. The molecule has 1 aromatic heterocycles. The Morgan fingerprint density at radius 2 is 1.92 bits per heavy atom. The number of rotatable bonds is 1. The number of aryl methyl sites for hydroxylation is 1. The fraction of sp³-hybridized carbons (Fsp3) is 0.263. The molecule has 0 fully saturated rings. The number of fused-ring (bicyclic) bond motifs is 1. The molecule has 0 aliphatic heterocycles. The first-order chi connectivity index (χ1) is 11.7. The summed E-state index contributed by atoms with van der Waals surface area (Å²) in [5, 5.41) is 0.484. The van der Waals surface area contributed by atoms with Gasteiger partial charge in [0.2, 0.25) is 0 Å². The van der Waals surface area contributed by atoms with Gasteiger partial charge in [-0.15, -0.1) is 0 Å². The number of aromatic nitrogens is 2. The van der Waals surface area contributed by atoms with Crippen LogP contribution in [0.15, 0.2) is 36.4 Å². The highest BCUT2D eigenvalue weighted by molar-refractivity contribution is 6.31. The Bertz CT molecular complexity index is 973. The van der Waals surface area contributed by atoms with Crippen LogP contribution < -0.4 is 0 Å². The van der Waals surface area contributed by atoms with Gasteiger partial charge in [0.15, 0.2) is 5.82 Å². The number of hydrogen-bond acceptors (Lipinski definition) is 3. The minimum atomic E-state index is -0.692. The average Bonchev–Trinajstić information content (AvgIpc) is 2.86. The second kappa shape index (κ2) is 6.15. The first-order valence-electron chi connectivity index (χ1n) is 7.83. The van der Waals surface area contributed by atoms with Crippen LogP contribution in [0.2, 0.25) is 5.02 Å². The highest BCUT2D eigenvalue weighted by atomic mass is 35.5. The molecule has 0 atom stereocenters. The Balaban J connectivity index is 2.29. The maximum Gasteiger partial charge on any atom is 0.420 e. The molecule has 0 amide bonds. The first kappa shape index (κ1) is 17.4. The van der Waals surface area contributed by atoms with Crippen molar-refractivity contribution in [2.24, 2.45) is 0 Å². The minimum Gasteiger partial charge on any atom is -0.443 e. The van der Waals surface area contributed by atoms with E-state index >= 15 is 0 Å². The Morgan fingerprint density at radius 1 is 1.20 bits per heavy atom. The molecule has 1 heterocycles. The van der Waals surface area contributed by atoms with E-state index in [1.165, 1.54) is 10.6 Å². The number of benzene rings is 2. The SMILES string of the molecule is Cc1ccc(F)c(-c2nc3cc(Cl)ccc3n2C(=O)OC(C)(C)C)c1. The molecule has 130 valence electrons. The Morgan fingerprint density at radius 3 is 2.60 bits per heavy atom. The van der Waals surface area contributed by atoms with Gasteiger partial charge in [-0.1, -0.05) is 23.2 Å². The van der Waals surface area contributed by atoms with Gasteiger partial charge in [-0.2, -0.15) is 0 Å². The minimum absolute atomic E-state index is 0.188.